The van der Waals surface area contributed by atoms with Crippen LogP contribution in [-0.2, 0) is 30.4 Å². The van der Waals surface area contributed by atoms with Crippen molar-refractivity contribution in [3.05, 3.63) is 23.0 Å². The summed E-state index contributed by atoms with van der Waals surface area (Å²) in [6.45, 7) is -0.0940. The molecule has 1 aromatic carbocycles. The van der Waals surface area contributed by atoms with Gasteiger partial charge in [-0.3, -0.25) is 33.7 Å². The quantitative estimate of drug-likeness (QED) is 0.212. The molecule has 39 heavy (non-hydrogen) atoms. The number of phenols is 1. The molecule has 0 radical (unpaired) electrons. The van der Waals surface area contributed by atoms with Crippen molar-refractivity contribution < 1.29 is 43.4 Å². The highest BCUT2D eigenvalue weighted by Gasteiger charge is 2.69. The van der Waals surface area contributed by atoms with Crippen LogP contribution in [0.5, 0.6) is 5.75 Å². The third kappa shape index (κ3) is 4.07. The number of benzene rings is 1. The Labute approximate surface area is 222 Å². The summed E-state index contributed by atoms with van der Waals surface area (Å²) in [6, 6.07) is -0.133. The van der Waals surface area contributed by atoms with Crippen molar-refractivity contribution in [3.63, 3.8) is 0 Å². The lowest BCUT2D eigenvalue weighted by Crippen LogP contribution is -2.74. The first kappa shape index (κ1) is 27.0. The van der Waals surface area contributed by atoms with Gasteiger partial charge in [0, 0.05) is 23.6 Å². The van der Waals surface area contributed by atoms with E-state index in [9.17, 15) is 39.0 Å². The molecule has 3 saturated carbocycles. The number of aliphatic hydroxyl groups is 1. The maximum absolute atomic E-state index is 15.3. The summed E-state index contributed by atoms with van der Waals surface area (Å²) in [6.07, 6.45) is 1.46. The number of phenolic OH excluding ortho intramolecular Hbond substituents is 1. The molecule has 0 aliphatic heterocycles. The first-order chi connectivity index (χ1) is 18.3. The summed E-state index contributed by atoms with van der Waals surface area (Å²) in [4.78, 5) is 79.4. The van der Waals surface area contributed by atoms with E-state index >= 15 is 4.39 Å². The predicted octanol–water partition coefficient (Wildman–Crippen LogP) is -1.30. The Morgan fingerprint density at radius 1 is 1.18 bits per heavy atom. The number of likely N-dealkylation sites (N-methyl/N-ethyl adjacent to an activating group) is 1. The molecule has 12 nitrogen and oxygen atoms in total. The lowest BCUT2D eigenvalue weighted by molar-refractivity contribution is -0.181. The first-order valence-electron chi connectivity index (χ1n) is 12.7. The number of hydrogen-bond donors (Lipinski definition) is 5. The number of aromatic hydroxyl groups is 1. The Balaban J connectivity index is 1.53. The number of nitrogens with one attached hydrogen (secondary N) is 2. The van der Waals surface area contributed by atoms with E-state index < -0.39 is 87.4 Å². The molecular weight excluding hydrogens is 515 g/mol. The zero-order valence-electron chi connectivity index (χ0n) is 21.3. The topological polar surface area (TPSA) is 196 Å². The number of ketones is 4. The number of carbonyl (C=O) groups is 6. The fraction of sp³-hybridized carbons (Fsp3) is 0.538. The van der Waals surface area contributed by atoms with E-state index in [1.54, 1.807) is 0 Å². The summed E-state index contributed by atoms with van der Waals surface area (Å²) in [5.74, 6) is -13.9. The fourth-order valence-corrected chi connectivity index (χ4v) is 6.44. The maximum atomic E-state index is 15.3. The molecule has 4 aliphatic carbocycles. The van der Waals surface area contributed by atoms with Gasteiger partial charge in [0.15, 0.2) is 34.7 Å². The highest BCUT2D eigenvalue weighted by molar-refractivity contribution is 6.32. The Bertz CT molecular complexity index is 1340. The monoisotopic (exact) mass is 544 g/mol. The molecule has 0 aromatic heterocycles. The Hall–Kier alpha value is -3.55. The Kier molecular flexibility index (Phi) is 6.43. The number of nitrogens with zero attached hydrogens (tertiary/aromatic N) is 1. The minimum Gasteiger partial charge on any atom is -0.505 e. The van der Waals surface area contributed by atoms with Crippen molar-refractivity contribution in [1.29, 1.82) is 0 Å². The van der Waals surface area contributed by atoms with Crippen LogP contribution >= 0.6 is 0 Å². The summed E-state index contributed by atoms with van der Waals surface area (Å²) >= 11 is 0. The van der Waals surface area contributed by atoms with Gasteiger partial charge in [0.05, 0.1) is 29.8 Å². The van der Waals surface area contributed by atoms with Crippen LogP contribution in [0.2, 0.25) is 0 Å². The van der Waals surface area contributed by atoms with Crippen molar-refractivity contribution in [1.82, 2.24) is 10.2 Å². The summed E-state index contributed by atoms with van der Waals surface area (Å²) in [7, 11) is 2.95. The number of halogens is 1. The largest absolute Gasteiger partial charge is 0.505 e. The average Bonchev–Trinajstić information content (AvgIpc) is 3.67. The number of Topliss-reactive ketones (excluding diaryl/α,β-unsaturated/α-hetero) is 4. The minimum absolute atomic E-state index is 0.0940. The molecule has 2 amide bonds. The highest BCUT2D eigenvalue weighted by atomic mass is 19.1. The molecule has 208 valence electrons. The Morgan fingerprint density at radius 3 is 2.44 bits per heavy atom. The molecule has 1 aromatic rings. The van der Waals surface area contributed by atoms with Crippen LogP contribution in [0.1, 0.15) is 35.2 Å². The standard InChI is InChI=1S/C26H29FN4O8/c1-31(2)19-12-6-9-5-11-13(27)7-14(30-15(32)8-29-10-3-4-10)20(33)17(11)21(34)16(9)23(36)26(12,39)24(37)18(22(19)35)25(28)38/h7,9-10,12,16,18-19,29,33,39H,3-6,8H2,1-2H3,(H2,28,38)(H,30,32)/t9-,12-,16?,18?,19-,26-/m0/s1. The van der Waals surface area contributed by atoms with Gasteiger partial charge in [-0.2, -0.15) is 0 Å². The maximum Gasteiger partial charge on any atom is 0.238 e. The molecule has 0 spiro atoms. The van der Waals surface area contributed by atoms with Crippen molar-refractivity contribution >= 4 is 40.6 Å². The SMILES string of the molecule is CN(C)[C@@H]1C(=O)C(C(N)=O)C(=O)[C@@]2(O)C(=O)C3C(=O)c4c(O)c(NC(=O)CNC5CC5)cc(F)c4C[C@H]3C[C@@H]12. The van der Waals surface area contributed by atoms with Crippen LogP contribution in [0.4, 0.5) is 10.1 Å². The number of carbonyl (C=O) groups excluding carboxylic acids is 6. The van der Waals surface area contributed by atoms with Gasteiger partial charge in [-0.15, -0.1) is 0 Å². The lowest BCUT2D eigenvalue weighted by atomic mass is 9.52. The molecule has 13 heteroatoms. The van der Waals surface area contributed by atoms with Crippen molar-refractivity contribution in [3.8, 4) is 5.75 Å². The van der Waals surface area contributed by atoms with E-state index in [0.29, 0.717) is 0 Å². The lowest BCUT2D eigenvalue weighted by Gasteiger charge is -2.52. The van der Waals surface area contributed by atoms with E-state index in [1.165, 1.54) is 19.0 Å². The third-order valence-corrected chi connectivity index (χ3v) is 8.41. The number of anilines is 1. The second-order valence-electron chi connectivity index (χ2n) is 11.1. The molecule has 5 rings (SSSR count). The van der Waals surface area contributed by atoms with Gasteiger partial charge in [0.1, 0.15) is 11.6 Å². The Morgan fingerprint density at radius 2 is 1.85 bits per heavy atom. The second-order valence-corrected chi connectivity index (χ2v) is 11.1. The first-order valence-corrected chi connectivity index (χ1v) is 12.7. The van der Waals surface area contributed by atoms with Gasteiger partial charge in [0.2, 0.25) is 11.8 Å². The number of rotatable bonds is 6. The molecule has 0 heterocycles. The normalized spacial score (nSPS) is 32.0. The molecule has 6 atom stereocenters. The third-order valence-electron chi connectivity index (χ3n) is 8.41. The minimum atomic E-state index is -2.87. The second kappa shape index (κ2) is 9.28. The highest BCUT2D eigenvalue weighted by Crippen LogP contribution is 2.51. The van der Waals surface area contributed by atoms with Gasteiger partial charge in [-0.25, -0.2) is 4.39 Å². The van der Waals surface area contributed by atoms with Crippen LogP contribution < -0.4 is 16.4 Å². The van der Waals surface area contributed by atoms with Gasteiger partial charge in [0.25, 0.3) is 0 Å². The van der Waals surface area contributed by atoms with E-state index in [2.05, 4.69) is 10.6 Å². The van der Waals surface area contributed by atoms with Crippen LogP contribution in [0.3, 0.4) is 0 Å². The molecule has 3 fully saturated rings. The molecule has 2 unspecified atom stereocenters. The van der Waals surface area contributed by atoms with Gasteiger partial charge >= 0.3 is 0 Å². The molecule has 6 N–H and O–H groups in total. The number of primary amides is 1. The summed E-state index contributed by atoms with van der Waals surface area (Å²) in [5.41, 5.74) is 1.37. The van der Waals surface area contributed by atoms with Gasteiger partial charge in [-0.05, 0) is 45.7 Å². The average molecular weight is 545 g/mol. The van der Waals surface area contributed by atoms with Crippen LogP contribution in [0.15, 0.2) is 6.07 Å². The fourth-order valence-electron chi connectivity index (χ4n) is 6.44. The van der Waals surface area contributed by atoms with Crippen molar-refractivity contribution in [2.45, 2.75) is 43.4 Å². The van der Waals surface area contributed by atoms with E-state index in [1.807, 2.05) is 0 Å². The van der Waals surface area contributed by atoms with Crippen LogP contribution in [0.25, 0.3) is 0 Å². The number of hydrogen-bond acceptors (Lipinski definition) is 10. The van der Waals surface area contributed by atoms with E-state index in [4.69, 9.17) is 5.73 Å². The predicted molar refractivity (Wildman–Crippen MR) is 131 cm³/mol. The smallest absolute Gasteiger partial charge is 0.238 e. The summed E-state index contributed by atoms with van der Waals surface area (Å²) < 4.78 is 15.3. The zero-order valence-corrected chi connectivity index (χ0v) is 21.3. The molecular formula is C26H29FN4O8. The van der Waals surface area contributed by atoms with Crippen LogP contribution in [0, 0.1) is 29.5 Å². The van der Waals surface area contributed by atoms with Crippen molar-refractivity contribution in [2.75, 3.05) is 26.0 Å². The zero-order chi connectivity index (χ0) is 28.5. The molecule has 0 saturated heterocycles. The van der Waals surface area contributed by atoms with Gasteiger partial charge in [-0.1, -0.05) is 0 Å². The summed E-state index contributed by atoms with van der Waals surface area (Å²) in [5, 5.41) is 27.8. The van der Waals surface area contributed by atoms with Gasteiger partial charge < -0.3 is 26.6 Å². The number of nitrogens with two attached hydrogens (primary N) is 1. The van der Waals surface area contributed by atoms with Crippen LogP contribution in [-0.4, -0.2) is 88.4 Å². The number of fused-ring (bicyclic) bond motifs is 3. The molecule has 4 aliphatic rings. The molecule has 0 bridgehead atoms. The number of amides is 2. The van der Waals surface area contributed by atoms with Crippen molar-refractivity contribution in [2.24, 2.45) is 29.4 Å². The van der Waals surface area contributed by atoms with E-state index in [-0.39, 0.29) is 36.7 Å². The van der Waals surface area contributed by atoms with E-state index in [0.717, 1.165) is 18.9 Å².